The molecule has 0 unspecified atom stereocenters. The number of hydrogen-bond donors (Lipinski definition) is 1. The van der Waals surface area contributed by atoms with Gasteiger partial charge in [0.15, 0.2) is 5.82 Å². The molecule has 0 atom stereocenters. The fraction of sp³-hybridized carbons (Fsp3) is 0.917. The van der Waals surface area contributed by atoms with Crippen molar-refractivity contribution in [1.82, 2.24) is 25.5 Å². The molecule has 1 N–H and O–H groups in total. The van der Waals surface area contributed by atoms with E-state index in [1.54, 1.807) is 0 Å². The van der Waals surface area contributed by atoms with Gasteiger partial charge in [0.2, 0.25) is 0 Å². The first-order chi connectivity index (χ1) is 8.31. The highest BCUT2D eigenvalue weighted by molar-refractivity contribution is 4.91. The van der Waals surface area contributed by atoms with Crippen LogP contribution in [-0.2, 0) is 13.1 Å². The largest absolute Gasteiger partial charge is 0.307 e. The van der Waals surface area contributed by atoms with Gasteiger partial charge in [-0.2, -0.15) is 0 Å². The molecule has 1 aromatic rings. The Bertz CT molecular complexity index is 372. The Kier molecular flexibility index (Phi) is 2.86. The van der Waals surface area contributed by atoms with E-state index >= 15 is 0 Å². The molecule has 1 aromatic heterocycles. The highest BCUT2D eigenvalue weighted by Crippen LogP contribution is 2.45. The lowest BCUT2D eigenvalue weighted by Gasteiger charge is -2.41. The fourth-order valence-electron chi connectivity index (χ4n) is 2.61. The third-order valence-electron chi connectivity index (χ3n) is 4.38. The van der Waals surface area contributed by atoms with Crippen molar-refractivity contribution in [2.24, 2.45) is 5.41 Å². The summed E-state index contributed by atoms with van der Waals surface area (Å²) in [5.41, 5.74) is 0.476. The van der Waals surface area contributed by atoms with Crippen molar-refractivity contribution in [2.45, 2.75) is 64.6 Å². The third-order valence-corrected chi connectivity index (χ3v) is 4.38. The number of tetrazole rings is 1. The SMILES string of the molecule is CCC1(Cn2nnnc2CNC2CC2)CCC1. The Hall–Kier alpha value is -0.970. The predicted molar refractivity (Wildman–Crippen MR) is 64.3 cm³/mol. The first-order valence-electron chi connectivity index (χ1n) is 6.80. The lowest BCUT2D eigenvalue weighted by atomic mass is 9.67. The molecular weight excluding hydrogens is 214 g/mol. The topological polar surface area (TPSA) is 55.6 Å². The highest BCUT2D eigenvalue weighted by atomic mass is 15.5. The van der Waals surface area contributed by atoms with E-state index in [1.807, 2.05) is 4.68 Å². The van der Waals surface area contributed by atoms with Crippen LogP contribution in [0.1, 0.15) is 51.3 Å². The molecule has 2 saturated carbocycles. The van der Waals surface area contributed by atoms with E-state index in [-0.39, 0.29) is 0 Å². The van der Waals surface area contributed by atoms with Gasteiger partial charge in [0.05, 0.1) is 13.1 Å². The summed E-state index contributed by atoms with van der Waals surface area (Å²) in [5.74, 6) is 0.997. The molecule has 0 saturated heterocycles. The van der Waals surface area contributed by atoms with Crippen molar-refractivity contribution in [3.05, 3.63) is 5.82 Å². The average Bonchev–Trinajstić information content (AvgIpc) is 3.01. The summed E-state index contributed by atoms with van der Waals surface area (Å²) >= 11 is 0. The van der Waals surface area contributed by atoms with E-state index in [0.717, 1.165) is 18.9 Å². The monoisotopic (exact) mass is 235 g/mol. The third kappa shape index (κ3) is 2.34. The van der Waals surface area contributed by atoms with Crippen LogP contribution in [0.3, 0.4) is 0 Å². The summed E-state index contributed by atoms with van der Waals surface area (Å²) in [4.78, 5) is 0. The minimum Gasteiger partial charge on any atom is -0.307 e. The van der Waals surface area contributed by atoms with Crippen LogP contribution in [0.25, 0.3) is 0 Å². The Morgan fingerprint density at radius 1 is 1.41 bits per heavy atom. The average molecular weight is 235 g/mol. The van der Waals surface area contributed by atoms with Gasteiger partial charge in [0, 0.05) is 6.04 Å². The van der Waals surface area contributed by atoms with E-state index in [0.29, 0.717) is 11.5 Å². The second-order valence-corrected chi connectivity index (χ2v) is 5.62. The zero-order valence-corrected chi connectivity index (χ0v) is 10.5. The van der Waals surface area contributed by atoms with Gasteiger partial charge < -0.3 is 5.32 Å². The van der Waals surface area contributed by atoms with Crippen LogP contribution < -0.4 is 5.32 Å². The molecule has 0 radical (unpaired) electrons. The van der Waals surface area contributed by atoms with Crippen molar-refractivity contribution >= 4 is 0 Å². The molecule has 0 bridgehead atoms. The van der Waals surface area contributed by atoms with Gasteiger partial charge >= 0.3 is 0 Å². The predicted octanol–water partition coefficient (Wildman–Crippen LogP) is 1.51. The summed E-state index contributed by atoms with van der Waals surface area (Å²) in [6.45, 7) is 4.10. The van der Waals surface area contributed by atoms with Gasteiger partial charge in [-0.15, -0.1) is 5.10 Å². The van der Waals surface area contributed by atoms with Crippen LogP contribution in [-0.4, -0.2) is 26.2 Å². The van der Waals surface area contributed by atoms with Crippen LogP contribution in [0.2, 0.25) is 0 Å². The molecule has 5 heteroatoms. The minimum absolute atomic E-state index is 0.476. The molecule has 1 heterocycles. The molecule has 2 aliphatic carbocycles. The van der Waals surface area contributed by atoms with Crippen LogP contribution in [0.4, 0.5) is 0 Å². The first-order valence-corrected chi connectivity index (χ1v) is 6.80. The quantitative estimate of drug-likeness (QED) is 0.812. The smallest absolute Gasteiger partial charge is 0.165 e. The summed E-state index contributed by atoms with van der Waals surface area (Å²) in [7, 11) is 0. The van der Waals surface area contributed by atoms with Crippen molar-refractivity contribution in [2.75, 3.05) is 0 Å². The van der Waals surface area contributed by atoms with Crippen molar-refractivity contribution in [1.29, 1.82) is 0 Å². The Labute approximate surface area is 102 Å². The molecule has 0 aliphatic heterocycles. The van der Waals surface area contributed by atoms with Gasteiger partial charge in [-0.05, 0) is 47.9 Å². The summed E-state index contributed by atoms with van der Waals surface area (Å²) in [6, 6.07) is 0.712. The summed E-state index contributed by atoms with van der Waals surface area (Å²) < 4.78 is 2.01. The number of nitrogens with one attached hydrogen (secondary N) is 1. The summed E-state index contributed by atoms with van der Waals surface area (Å²) in [6.07, 6.45) is 7.88. The number of rotatable bonds is 6. The van der Waals surface area contributed by atoms with Crippen molar-refractivity contribution < 1.29 is 0 Å². The van der Waals surface area contributed by atoms with Gasteiger partial charge in [-0.1, -0.05) is 13.3 Å². The molecule has 2 fully saturated rings. The van der Waals surface area contributed by atoms with E-state index in [4.69, 9.17) is 0 Å². The van der Waals surface area contributed by atoms with Gasteiger partial charge in [0.25, 0.3) is 0 Å². The van der Waals surface area contributed by atoms with Crippen LogP contribution in [0.15, 0.2) is 0 Å². The second kappa shape index (κ2) is 4.37. The molecule has 94 valence electrons. The van der Waals surface area contributed by atoms with E-state index < -0.39 is 0 Å². The van der Waals surface area contributed by atoms with E-state index in [2.05, 4.69) is 27.8 Å². The lowest BCUT2D eigenvalue weighted by Crippen LogP contribution is -2.35. The number of hydrogen-bond acceptors (Lipinski definition) is 4. The molecule has 0 aromatic carbocycles. The molecule has 0 amide bonds. The second-order valence-electron chi connectivity index (χ2n) is 5.62. The highest BCUT2D eigenvalue weighted by Gasteiger charge is 2.36. The Balaban J connectivity index is 1.63. The lowest BCUT2D eigenvalue weighted by molar-refractivity contribution is 0.0924. The van der Waals surface area contributed by atoms with Crippen LogP contribution in [0, 0.1) is 5.41 Å². The first kappa shape index (κ1) is 11.1. The number of nitrogens with zero attached hydrogens (tertiary/aromatic N) is 4. The fourth-order valence-corrected chi connectivity index (χ4v) is 2.61. The minimum atomic E-state index is 0.476. The number of aromatic nitrogens is 4. The van der Waals surface area contributed by atoms with Crippen molar-refractivity contribution in [3.63, 3.8) is 0 Å². The molecule has 5 nitrogen and oxygen atoms in total. The Morgan fingerprint density at radius 3 is 2.82 bits per heavy atom. The summed E-state index contributed by atoms with van der Waals surface area (Å²) in [5, 5.41) is 15.6. The maximum Gasteiger partial charge on any atom is 0.165 e. The van der Waals surface area contributed by atoms with Crippen LogP contribution >= 0.6 is 0 Å². The van der Waals surface area contributed by atoms with Gasteiger partial charge in [0.1, 0.15) is 0 Å². The normalized spacial score (nSPS) is 22.4. The molecule has 0 spiro atoms. The van der Waals surface area contributed by atoms with Gasteiger partial charge in [-0.25, -0.2) is 4.68 Å². The zero-order valence-electron chi connectivity index (χ0n) is 10.5. The maximum atomic E-state index is 4.14. The Morgan fingerprint density at radius 2 is 2.24 bits per heavy atom. The molecule has 2 aliphatic rings. The van der Waals surface area contributed by atoms with Crippen molar-refractivity contribution in [3.8, 4) is 0 Å². The van der Waals surface area contributed by atoms with Gasteiger partial charge in [-0.3, -0.25) is 0 Å². The van der Waals surface area contributed by atoms with E-state index in [9.17, 15) is 0 Å². The van der Waals surface area contributed by atoms with Crippen LogP contribution in [0.5, 0.6) is 0 Å². The van der Waals surface area contributed by atoms with E-state index in [1.165, 1.54) is 38.5 Å². The molecular formula is C12H21N5. The standard InChI is InChI=1S/C12H21N5/c1-2-12(6-3-7-12)9-17-11(14-15-16-17)8-13-10-4-5-10/h10,13H,2-9H2,1H3. The molecule has 17 heavy (non-hydrogen) atoms. The maximum absolute atomic E-state index is 4.14. The zero-order chi connectivity index (χ0) is 11.7. The molecule has 3 rings (SSSR count).